The van der Waals surface area contributed by atoms with Crippen molar-refractivity contribution in [1.29, 1.82) is 0 Å². The van der Waals surface area contributed by atoms with Crippen LogP contribution in [0.15, 0.2) is 36.9 Å². The molecule has 0 bridgehead atoms. The van der Waals surface area contributed by atoms with Crippen molar-refractivity contribution in [2.45, 2.75) is 32.4 Å². The molecule has 1 N–H and O–H groups in total. The molecule has 2 aromatic heterocycles. The summed E-state index contributed by atoms with van der Waals surface area (Å²) in [6, 6.07) is 5.96. The number of ether oxygens (including phenoxy) is 3. The molecule has 1 fully saturated rings. The number of carbonyl (C=O) groups is 1. The SMILES string of the molecule is Cc1c(N2C(=O)OCCC2CCNCc2ccc3c(c2)OCO3)nc(-n2ccnc2)n1C. The van der Waals surface area contributed by atoms with Gasteiger partial charge in [-0.05, 0) is 37.6 Å². The Morgan fingerprint density at radius 3 is 2.94 bits per heavy atom. The van der Waals surface area contributed by atoms with E-state index in [1.54, 1.807) is 17.4 Å². The Morgan fingerprint density at radius 2 is 2.09 bits per heavy atom. The Balaban J connectivity index is 1.26. The molecule has 4 heterocycles. The van der Waals surface area contributed by atoms with Crippen molar-refractivity contribution >= 4 is 11.9 Å². The molecule has 0 spiro atoms. The highest BCUT2D eigenvalue weighted by Gasteiger charge is 2.34. The summed E-state index contributed by atoms with van der Waals surface area (Å²) in [6.45, 7) is 4.11. The molecule has 1 unspecified atom stereocenters. The second-order valence-corrected chi connectivity index (χ2v) is 7.93. The maximum atomic E-state index is 12.7. The van der Waals surface area contributed by atoms with Gasteiger partial charge in [-0.25, -0.2) is 9.78 Å². The summed E-state index contributed by atoms with van der Waals surface area (Å²) in [6.07, 6.45) is 6.42. The first kappa shape index (κ1) is 20.4. The molecule has 0 radical (unpaired) electrons. The molecule has 2 aliphatic rings. The summed E-state index contributed by atoms with van der Waals surface area (Å²) in [4.78, 5) is 23.3. The molecule has 10 heteroatoms. The Bertz CT molecular complexity index is 1110. The van der Waals surface area contributed by atoms with Gasteiger partial charge in [-0.3, -0.25) is 9.47 Å². The van der Waals surface area contributed by atoms with E-state index < -0.39 is 0 Å². The molecule has 5 rings (SSSR count). The second-order valence-electron chi connectivity index (χ2n) is 7.93. The van der Waals surface area contributed by atoms with Crippen LogP contribution in [0.4, 0.5) is 10.6 Å². The van der Waals surface area contributed by atoms with Gasteiger partial charge in [0, 0.05) is 38.4 Å². The van der Waals surface area contributed by atoms with E-state index in [9.17, 15) is 4.79 Å². The van der Waals surface area contributed by atoms with Crippen molar-refractivity contribution < 1.29 is 19.0 Å². The molecule has 1 amide bonds. The molecule has 1 atom stereocenters. The number of rotatable bonds is 7. The molecular formula is C22H26N6O4. The zero-order valence-electron chi connectivity index (χ0n) is 18.2. The third-order valence-electron chi connectivity index (χ3n) is 5.96. The summed E-state index contributed by atoms with van der Waals surface area (Å²) in [5, 5.41) is 3.47. The average molecular weight is 438 g/mol. The van der Waals surface area contributed by atoms with Crippen LogP contribution < -0.4 is 19.7 Å². The fourth-order valence-corrected chi connectivity index (χ4v) is 4.10. The van der Waals surface area contributed by atoms with Gasteiger partial charge in [0.2, 0.25) is 12.7 Å². The minimum atomic E-state index is -0.351. The van der Waals surface area contributed by atoms with Gasteiger partial charge in [0.05, 0.1) is 12.3 Å². The molecule has 1 saturated heterocycles. The number of hydrogen-bond acceptors (Lipinski definition) is 7. The second kappa shape index (κ2) is 8.54. The quantitative estimate of drug-likeness (QED) is 0.567. The summed E-state index contributed by atoms with van der Waals surface area (Å²) < 4.78 is 19.9. The van der Waals surface area contributed by atoms with Gasteiger partial charge in [-0.15, -0.1) is 0 Å². The number of imidazole rings is 2. The maximum absolute atomic E-state index is 12.7. The van der Waals surface area contributed by atoms with Gasteiger partial charge in [0.25, 0.3) is 0 Å². The van der Waals surface area contributed by atoms with Crippen LogP contribution >= 0.6 is 0 Å². The number of amides is 1. The summed E-state index contributed by atoms with van der Waals surface area (Å²) >= 11 is 0. The van der Waals surface area contributed by atoms with Crippen LogP contribution in [0.3, 0.4) is 0 Å². The minimum absolute atomic E-state index is 0.00439. The zero-order chi connectivity index (χ0) is 22.1. The first-order valence-electron chi connectivity index (χ1n) is 10.7. The molecule has 168 valence electrons. The van der Waals surface area contributed by atoms with Crippen molar-refractivity contribution in [3.63, 3.8) is 0 Å². The van der Waals surface area contributed by atoms with Gasteiger partial charge >= 0.3 is 6.09 Å². The van der Waals surface area contributed by atoms with E-state index in [1.165, 1.54) is 0 Å². The highest BCUT2D eigenvalue weighted by atomic mass is 16.7. The Labute approximate surface area is 185 Å². The number of benzene rings is 1. The highest BCUT2D eigenvalue weighted by Crippen LogP contribution is 2.32. The van der Waals surface area contributed by atoms with Gasteiger partial charge < -0.3 is 24.1 Å². The Morgan fingerprint density at radius 1 is 1.22 bits per heavy atom. The Hall–Kier alpha value is -3.53. The molecule has 0 saturated carbocycles. The van der Waals surface area contributed by atoms with Gasteiger partial charge in [-0.2, -0.15) is 4.98 Å². The first-order chi connectivity index (χ1) is 15.6. The number of cyclic esters (lactones) is 1. The van der Waals surface area contributed by atoms with Crippen LogP contribution in [-0.4, -0.2) is 51.2 Å². The predicted molar refractivity (Wildman–Crippen MR) is 116 cm³/mol. The van der Waals surface area contributed by atoms with Crippen LogP contribution in [0.25, 0.3) is 5.95 Å². The monoisotopic (exact) mass is 438 g/mol. The minimum Gasteiger partial charge on any atom is -0.454 e. The zero-order valence-corrected chi connectivity index (χ0v) is 18.2. The van der Waals surface area contributed by atoms with Crippen molar-refractivity contribution in [2.24, 2.45) is 7.05 Å². The van der Waals surface area contributed by atoms with Crippen molar-refractivity contribution in [3.05, 3.63) is 48.2 Å². The van der Waals surface area contributed by atoms with Crippen LogP contribution in [0.5, 0.6) is 11.5 Å². The lowest BCUT2D eigenvalue weighted by molar-refractivity contribution is 0.127. The third kappa shape index (κ3) is 3.77. The summed E-state index contributed by atoms with van der Waals surface area (Å²) in [7, 11) is 1.93. The first-order valence-corrected chi connectivity index (χ1v) is 10.7. The third-order valence-corrected chi connectivity index (χ3v) is 5.96. The normalized spacial score (nSPS) is 17.6. The molecule has 32 heavy (non-hydrogen) atoms. The predicted octanol–water partition coefficient (Wildman–Crippen LogP) is 2.54. The lowest BCUT2D eigenvalue weighted by atomic mass is 10.1. The number of carbonyl (C=O) groups excluding carboxylic acids is 1. The van der Waals surface area contributed by atoms with E-state index in [0.29, 0.717) is 24.9 Å². The molecule has 0 aliphatic carbocycles. The van der Waals surface area contributed by atoms with E-state index in [-0.39, 0.29) is 18.9 Å². The fraction of sp³-hybridized carbons (Fsp3) is 0.409. The number of aromatic nitrogens is 4. The number of hydrogen-bond donors (Lipinski definition) is 1. The van der Waals surface area contributed by atoms with Crippen molar-refractivity contribution in [3.8, 4) is 17.4 Å². The van der Waals surface area contributed by atoms with Crippen LogP contribution in [-0.2, 0) is 18.3 Å². The number of nitrogens with zero attached hydrogens (tertiary/aromatic N) is 5. The topological polar surface area (TPSA) is 95.7 Å². The maximum Gasteiger partial charge on any atom is 0.415 e. The summed E-state index contributed by atoms with van der Waals surface area (Å²) in [5.74, 6) is 2.89. The molecule has 2 aliphatic heterocycles. The van der Waals surface area contributed by atoms with Gasteiger partial charge in [-0.1, -0.05) is 6.07 Å². The van der Waals surface area contributed by atoms with Crippen LogP contribution in [0.1, 0.15) is 24.1 Å². The number of anilines is 1. The van der Waals surface area contributed by atoms with Crippen molar-refractivity contribution in [1.82, 2.24) is 24.4 Å². The largest absolute Gasteiger partial charge is 0.454 e. The average Bonchev–Trinajstić information content (AvgIpc) is 3.54. The molecule has 10 nitrogen and oxygen atoms in total. The molecular weight excluding hydrogens is 412 g/mol. The van der Waals surface area contributed by atoms with Crippen molar-refractivity contribution in [2.75, 3.05) is 24.8 Å². The number of nitrogens with one attached hydrogen (secondary N) is 1. The van der Waals surface area contributed by atoms with Gasteiger partial charge in [0.1, 0.15) is 6.33 Å². The highest BCUT2D eigenvalue weighted by molar-refractivity contribution is 5.88. The molecule has 1 aromatic carbocycles. The van der Waals surface area contributed by atoms with Crippen LogP contribution in [0, 0.1) is 6.92 Å². The lowest BCUT2D eigenvalue weighted by Crippen LogP contribution is -2.47. The van der Waals surface area contributed by atoms with Crippen LogP contribution in [0.2, 0.25) is 0 Å². The van der Waals surface area contributed by atoms with E-state index >= 15 is 0 Å². The Kier molecular flexibility index (Phi) is 5.44. The fourth-order valence-electron chi connectivity index (χ4n) is 4.10. The lowest BCUT2D eigenvalue weighted by Gasteiger charge is -2.34. The van der Waals surface area contributed by atoms with E-state index in [4.69, 9.17) is 19.2 Å². The smallest absolute Gasteiger partial charge is 0.415 e. The standard InChI is InChI=1S/C22H26N6O4/c1-15-20(25-21(26(15)2)27-9-8-24-13-27)28-17(6-10-30-22(28)29)5-7-23-12-16-3-4-18-19(11-16)32-14-31-18/h3-4,8-9,11,13,17,23H,5-7,10,12,14H2,1-2H3. The number of fused-ring (bicyclic) bond motifs is 1. The molecule has 3 aromatic rings. The van der Waals surface area contributed by atoms with E-state index in [0.717, 1.165) is 42.1 Å². The van der Waals surface area contributed by atoms with E-state index in [1.807, 2.05) is 47.5 Å². The van der Waals surface area contributed by atoms with E-state index in [2.05, 4.69) is 10.3 Å². The summed E-state index contributed by atoms with van der Waals surface area (Å²) in [5.41, 5.74) is 2.02. The van der Waals surface area contributed by atoms with Gasteiger partial charge in [0.15, 0.2) is 17.3 Å².